The summed E-state index contributed by atoms with van der Waals surface area (Å²) < 4.78 is 42.7. The molecule has 1 rings (SSSR count). The number of hydrogen-bond acceptors (Lipinski definition) is 1. The van der Waals surface area contributed by atoms with Crippen molar-refractivity contribution in [1.29, 1.82) is 0 Å². The SMILES string of the molecule is CCC(c1cccc(OC)c1)C(F)(F)F. The van der Waals surface area contributed by atoms with Gasteiger partial charge in [0.1, 0.15) is 5.75 Å². The van der Waals surface area contributed by atoms with Gasteiger partial charge in [0.25, 0.3) is 0 Å². The van der Waals surface area contributed by atoms with Crippen LogP contribution in [0.5, 0.6) is 5.75 Å². The van der Waals surface area contributed by atoms with Crippen LogP contribution >= 0.6 is 0 Å². The minimum absolute atomic E-state index is 0.0384. The van der Waals surface area contributed by atoms with Crippen LogP contribution in [0.2, 0.25) is 0 Å². The first-order chi connectivity index (χ1) is 6.99. The number of hydrogen-bond donors (Lipinski definition) is 0. The summed E-state index contributed by atoms with van der Waals surface area (Å²) in [4.78, 5) is 0. The van der Waals surface area contributed by atoms with Crippen LogP contribution in [0.3, 0.4) is 0 Å². The van der Waals surface area contributed by atoms with Gasteiger partial charge in [0, 0.05) is 0 Å². The number of rotatable bonds is 3. The van der Waals surface area contributed by atoms with Crippen LogP contribution in [-0.4, -0.2) is 13.3 Å². The Morgan fingerprint density at radius 3 is 2.47 bits per heavy atom. The maximum Gasteiger partial charge on any atom is 0.395 e. The lowest BCUT2D eigenvalue weighted by Gasteiger charge is -2.19. The van der Waals surface area contributed by atoms with Crippen LogP contribution in [-0.2, 0) is 0 Å². The van der Waals surface area contributed by atoms with E-state index in [0.717, 1.165) is 0 Å². The Morgan fingerprint density at radius 1 is 1.33 bits per heavy atom. The second-order valence-electron chi connectivity index (χ2n) is 3.28. The van der Waals surface area contributed by atoms with Crippen molar-refractivity contribution in [2.24, 2.45) is 0 Å². The molecule has 0 aromatic heterocycles. The molecule has 4 heteroatoms. The van der Waals surface area contributed by atoms with Gasteiger partial charge in [0.05, 0.1) is 13.0 Å². The van der Waals surface area contributed by atoms with Crippen LogP contribution in [0.25, 0.3) is 0 Å². The lowest BCUT2D eigenvalue weighted by Crippen LogP contribution is -2.19. The number of benzene rings is 1. The van der Waals surface area contributed by atoms with E-state index in [4.69, 9.17) is 4.74 Å². The van der Waals surface area contributed by atoms with Crippen LogP contribution < -0.4 is 4.74 Å². The molecule has 1 aromatic carbocycles. The van der Waals surface area contributed by atoms with E-state index in [1.807, 2.05) is 0 Å². The quantitative estimate of drug-likeness (QED) is 0.750. The molecule has 0 fully saturated rings. The lowest BCUT2D eigenvalue weighted by molar-refractivity contribution is -0.151. The Hall–Kier alpha value is -1.19. The highest BCUT2D eigenvalue weighted by Crippen LogP contribution is 2.37. The number of halogens is 3. The van der Waals surface area contributed by atoms with Gasteiger partial charge in [-0.25, -0.2) is 0 Å². The minimum atomic E-state index is -4.19. The lowest BCUT2D eigenvalue weighted by atomic mass is 9.96. The Kier molecular flexibility index (Phi) is 3.61. The van der Waals surface area contributed by atoms with Crippen LogP contribution in [0.4, 0.5) is 13.2 Å². The summed E-state index contributed by atoms with van der Waals surface area (Å²) in [5.74, 6) is -0.956. The second-order valence-corrected chi connectivity index (χ2v) is 3.28. The highest BCUT2D eigenvalue weighted by molar-refractivity contribution is 5.31. The number of ether oxygens (including phenoxy) is 1. The van der Waals surface area contributed by atoms with Crippen molar-refractivity contribution in [3.05, 3.63) is 29.8 Å². The van der Waals surface area contributed by atoms with E-state index in [-0.39, 0.29) is 12.0 Å². The van der Waals surface area contributed by atoms with E-state index >= 15 is 0 Å². The van der Waals surface area contributed by atoms with Crippen molar-refractivity contribution in [1.82, 2.24) is 0 Å². The predicted octanol–water partition coefficient (Wildman–Crippen LogP) is 3.75. The fourth-order valence-electron chi connectivity index (χ4n) is 1.51. The second kappa shape index (κ2) is 4.55. The van der Waals surface area contributed by atoms with Crippen LogP contribution in [0.15, 0.2) is 24.3 Å². The third-order valence-electron chi connectivity index (χ3n) is 2.30. The summed E-state index contributed by atoms with van der Waals surface area (Å²) in [6.45, 7) is 1.53. The van der Waals surface area contributed by atoms with Crippen LogP contribution in [0.1, 0.15) is 24.8 Å². The topological polar surface area (TPSA) is 9.23 Å². The summed E-state index contributed by atoms with van der Waals surface area (Å²) in [6, 6.07) is 6.11. The number of alkyl halides is 3. The fraction of sp³-hybridized carbons (Fsp3) is 0.455. The van der Waals surface area contributed by atoms with Gasteiger partial charge in [-0.2, -0.15) is 13.2 Å². The predicted molar refractivity (Wildman–Crippen MR) is 52.1 cm³/mol. The third-order valence-corrected chi connectivity index (χ3v) is 2.30. The zero-order valence-corrected chi connectivity index (χ0v) is 8.64. The van der Waals surface area contributed by atoms with E-state index < -0.39 is 12.1 Å². The molecule has 0 amide bonds. The van der Waals surface area contributed by atoms with Gasteiger partial charge in [-0.05, 0) is 24.1 Å². The van der Waals surface area contributed by atoms with Gasteiger partial charge in [0.15, 0.2) is 0 Å². The van der Waals surface area contributed by atoms with Crippen molar-refractivity contribution in [3.63, 3.8) is 0 Å². The molecule has 0 spiro atoms. The molecule has 1 unspecified atom stereocenters. The molecule has 0 radical (unpaired) electrons. The summed E-state index contributed by atoms with van der Waals surface area (Å²) in [5, 5.41) is 0. The summed E-state index contributed by atoms with van der Waals surface area (Å²) >= 11 is 0. The molecule has 0 saturated carbocycles. The highest BCUT2D eigenvalue weighted by Gasteiger charge is 2.39. The average Bonchev–Trinajstić information content (AvgIpc) is 2.17. The minimum Gasteiger partial charge on any atom is -0.497 e. The van der Waals surface area contributed by atoms with Crippen molar-refractivity contribution in [2.45, 2.75) is 25.4 Å². The summed E-state index contributed by atoms with van der Waals surface area (Å²) in [6.07, 6.45) is -4.15. The molecule has 1 nitrogen and oxygen atoms in total. The normalized spacial score (nSPS) is 13.7. The monoisotopic (exact) mass is 218 g/mol. The van der Waals surface area contributed by atoms with Crippen molar-refractivity contribution in [2.75, 3.05) is 7.11 Å². The zero-order valence-electron chi connectivity index (χ0n) is 8.64. The van der Waals surface area contributed by atoms with E-state index in [1.54, 1.807) is 12.1 Å². The molecule has 0 heterocycles. The molecule has 1 atom stereocenters. The van der Waals surface area contributed by atoms with Gasteiger partial charge < -0.3 is 4.74 Å². The average molecular weight is 218 g/mol. The molecule has 0 aliphatic carbocycles. The molecule has 1 aromatic rings. The smallest absolute Gasteiger partial charge is 0.395 e. The molecule has 0 bridgehead atoms. The van der Waals surface area contributed by atoms with Crippen molar-refractivity contribution in [3.8, 4) is 5.75 Å². The van der Waals surface area contributed by atoms with Gasteiger partial charge in [0.2, 0.25) is 0 Å². The summed E-state index contributed by atoms with van der Waals surface area (Å²) in [5.41, 5.74) is 0.254. The zero-order chi connectivity index (χ0) is 11.5. The van der Waals surface area contributed by atoms with E-state index in [9.17, 15) is 13.2 Å². The number of methoxy groups -OCH3 is 1. The third kappa shape index (κ3) is 2.88. The first kappa shape index (κ1) is 11.9. The summed E-state index contributed by atoms with van der Waals surface area (Å²) in [7, 11) is 1.44. The van der Waals surface area contributed by atoms with E-state index in [2.05, 4.69) is 0 Å². The molecule has 84 valence electrons. The molecule has 0 N–H and O–H groups in total. The first-order valence-electron chi connectivity index (χ1n) is 4.69. The maximum absolute atomic E-state index is 12.6. The fourth-order valence-corrected chi connectivity index (χ4v) is 1.51. The van der Waals surface area contributed by atoms with Gasteiger partial charge in [-0.3, -0.25) is 0 Å². The Morgan fingerprint density at radius 2 is 2.00 bits per heavy atom. The van der Waals surface area contributed by atoms with Crippen LogP contribution in [0, 0.1) is 0 Å². The van der Waals surface area contributed by atoms with Crippen molar-refractivity contribution >= 4 is 0 Å². The van der Waals surface area contributed by atoms with Gasteiger partial charge in [-0.15, -0.1) is 0 Å². The maximum atomic E-state index is 12.6. The van der Waals surface area contributed by atoms with E-state index in [0.29, 0.717) is 5.75 Å². The Bertz CT molecular complexity index is 320. The molecular formula is C11H13F3O. The first-order valence-corrected chi connectivity index (χ1v) is 4.69. The standard InChI is InChI=1S/C11H13F3O/c1-3-10(11(12,13)14)8-5-4-6-9(7-8)15-2/h4-7,10H,3H2,1-2H3. The van der Waals surface area contributed by atoms with Gasteiger partial charge in [-0.1, -0.05) is 19.1 Å². The Labute approximate surface area is 86.9 Å². The molecule has 0 saturated heterocycles. The Balaban J connectivity index is 3.02. The highest BCUT2D eigenvalue weighted by atomic mass is 19.4. The van der Waals surface area contributed by atoms with Gasteiger partial charge >= 0.3 is 6.18 Å². The largest absolute Gasteiger partial charge is 0.497 e. The molecule has 15 heavy (non-hydrogen) atoms. The van der Waals surface area contributed by atoms with E-state index in [1.165, 1.54) is 26.2 Å². The molecular weight excluding hydrogens is 205 g/mol. The molecule has 0 aliphatic rings. The molecule has 0 aliphatic heterocycles. The van der Waals surface area contributed by atoms with Crippen molar-refractivity contribution < 1.29 is 17.9 Å².